The van der Waals surface area contributed by atoms with Gasteiger partial charge in [0.1, 0.15) is 5.75 Å². The second-order valence-corrected chi connectivity index (χ2v) is 6.92. The molecule has 0 N–H and O–H groups in total. The number of carbonyl (C=O) groups is 1. The Morgan fingerprint density at radius 1 is 1.10 bits per heavy atom. The predicted molar refractivity (Wildman–Crippen MR) is 106 cm³/mol. The molecule has 0 unspecified atom stereocenters. The Balaban J connectivity index is 1.25. The molecule has 1 aliphatic heterocycles. The standard InChI is InChI=1S/C21H18N6O3/c1-29-18-10-6-5-9-16(18)19-23-20(30-25-19)14-12-26(13-14)21(28)17-11-22-27(24-17)15-7-3-2-4-8-15/h2-11,14H,12-13H2,1H3. The Bertz CT molecular complexity index is 1180. The van der Waals surface area contributed by atoms with Crippen LogP contribution in [0.4, 0.5) is 0 Å². The molecular formula is C21H18N6O3. The summed E-state index contributed by atoms with van der Waals surface area (Å²) in [5, 5.41) is 12.5. The van der Waals surface area contributed by atoms with Gasteiger partial charge in [-0.25, -0.2) is 0 Å². The van der Waals surface area contributed by atoms with Gasteiger partial charge >= 0.3 is 0 Å². The summed E-state index contributed by atoms with van der Waals surface area (Å²) in [5.41, 5.74) is 1.87. The summed E-state index contributed by atoms with van der Waals surface area (Å²) in [5.74, 6) is 1.48. The molecule has 0 spiro atoms. The molecule has 3 heterocycles. The zero-order valence-corrected chi connectivity index (χ0v) is 16.2. The fourth-order valence-corrected chi connectivity index (χ4v) is 3.35. The van der Waals surface area contributed by atoms with Gasteiger partial charge in [-0.15, -0.1) is 5.10 Å². The number of benzene rings is 2. The Kier molecular flexibility index (Phi) is 4.47. The molecule has 9 heteroatoms. The van der Waals surface area contributed by atoms with E-state index >= 15 is 0 Å². The molecule has 4 aromatic rings. The number of hydrogen-bond acceptors (Lipinski definition) is 7. The second kappa shape index (κ2) is 7.43. The smallest absolute Gasteiger partial charge is 0.276 e. The molecule has 1 saturated heterocycles. The number of rotatable bonds is 5. The maximum Gasteiger partial charge on any atom is 0.276 e. The molecule has 30 heavy (non-hydrogen) atoms. The molecule has 2 aromatic carbocycles. The van der Waals surface area contributed by atoms with Gasteiger partial charge in [-0.2, -0.15) is 14.9 Å². The van der Waals surface area contributed by atoms with E-state index in [-0.39, 0.29) is 11.8 Å². The minimum atomic E-state index is -0.169. The monoisotopic (exact) mass is 402 g/mol. The highest BCUT2D eigenvalue weighted by atomic mass is 16.5. The number of likely N-dealkylation sites (tertiary alicyclic amines) is 1. The first kappa shape index (κ1) is 18.0. The van der Waals surface area contributed by atoms with Gasteiger partial charge in [-0.3, -0.25) is 4.79 Å². The molecule has 0 saturated carbocycles. The third kappa shape index (κ3) is 3.20. The highest BCUT2D eigenvalue weighted by Crippen LogP contribution is 2.31. The van der Waals surface area contributed by atoms with E-state index in [0.29, 0.717) is 36.2 Å². The first-order valence-corrected chi connectivity index (χ1v) is 9.47. The summed E-state index contributed by atoms with van der Waals surface area (Å²) in [6.45, 7) is 0.981. The van der Waals surface area contributed by atoms with Gasteiger partial charge in [0.2, 0.25) is 11.7 Å². The SMILES string of the molecule is COc1ccccc1-c1noc(C2CN(C(=O)c3cnn(-c4ccccc4)n3)C2)n1. The van der Waals surface area contributed by atoms with Gasteiger partial charge in [0.25, 0.3) is 5.91 Å². The van der Waals surface area contributed by atoms with E-state index in [0.717, 1.165) is 11.3 Å². The van der Waals surface area contributed by atoms with Crippen LogP contribution in [0.2, 0.25) is 0 Å². The van der Waals surface area contributed by atoms with Crippen LogP contribution in [0.15, 0.2) is 65.3 Å². The van der Waals surface area contributed by atoms with Crippen LogP contribution in [0, 0.1) is 0 Å². The fraction of sp³-hybridized carbons (Fsp3) is 0.190. The summed E-state index contributed by atoms with van der Waals surface area (Å²) in [6, 6.07) is 16.9. The van der Waals surface area contributed by atoms with Crippen LogP contribution >= 0.6 is 0 Å². The van der Waals surface area contributed by atoms with Gasteiger partial charge in [0.15, 0.2) is 5.69 Å². The van der Waals surface area contributed by atoms with E-state index in [1.807, 2.05) is 54.6 Å². The van der Waals surface area contributed by atoms with Crippen LogP contribution in [0.3, 0.4) is 0 Å². The van der Waals surface area contributed by atoms with E-state index in [2.05, 4.69) is 20.3 Å². The lowest BCUT2D eigenvalue weighted by Gasteiger charge is -2.36. The molecule has 9 nitrogen and oxygen atoms in total. The molecule has 0 bridgehead atoms. The first-order chi connectivity index (χ1) is 14.7. The average molecular weight is 402 g/mol. The minimum absolute atomic E-state index is 0.00549. The van der Waals surface area contributed by atoms with Gasteiger partial charge in [-0.1, -0.05) is 35.5 Å². The van der Waals surface area contributed by atoms with Crippen molar-refractivity contribution >= 4 is 5.91 Å². The van der Waals surface area contributed by atoms with Gasteiger partial charge in [0.05, 0.1) is 30.5 Å². The lowest BCUT2D eigenvalue weighted by atomic mass is 10.00. The van der Waals surface area contributed by atoms with Crippen molar-refractivity contribution in [1.29, 1.82) is 0 Å². The number of ether oxygens (including phenoxy) is 1. The molecule has 0 radical (unpaired) electrons. The second-order valence-electron chi connectivity index (χ2n) is 6.92. The van der Waals surface area contributed by atoms with Crippen LogP contribution in [-0.2, 0) is 0 Å². The van der Waals surface area contributed by atoms with Crippen LogP contribution in [-0.4, -0.2) is 56.1 Å². The zero-order chi connectivity index (χ0) is 20.5. The van der Waals surface area contributed by atoms with Gasteiger partial charge in [-0.05, 0) is 24.3 Å². The van der Waals surface area contributed by atoms with Crippen LogP contribution in [0.1, 0.15) is 22.3 Å². The highest BCUT2D eigenvalue weighted by Gasteiger charge is 2.37. The van der Waals surface area contributed by atoms with Crippen LogP contribution in [0.25, 0.3) is 17.1 Å². The molecule has 5 rings (SSSR count). The number of nitrogens with zero attached hydrogens (tertiary/aromatic N) is 6. The Hall–Kier alpha value is -4.01. The van der Waals surface area contributed by atoms with E-state index in [9.17, 15) is 4.79 Å². The van der Waals surface area contributed by atoms with Crippen molar-refractivity contribution in [3.05, 3.63) is 72.4 Å². The maximum atomic E-state index is 12.7. The summed E-state index contributed by atoms with van der Waals surface area (Å²) in [6.07, 6.45) is 1.48. The lowest BCUT2D eigenvalue weighted by molar-refractivity contribution is 0.0562. The number of amides is 1. The van der Waals surface area contributed by atoms with Crippen molar-refractivity contribution in [3.63, 3.8) is 0 Å². The van der Waals surface area contributed by atoms with Crippen molar-refractivity contribution in [3.8, 4) is 22.8 Å². The molecular weight excluding hydrogens is 384 g/mol. The topological polar surface area (TPSA) is 99.2 Å². The Morgan fingerprint density at radius 3 is 2.67 bits per heavy atom. The van der Waals surface area contributed by atoms with Gasteiger partial charge < -0.3 is 14.2 Å². The van der Waals surface area contributed by atoms with E-state index < -0.39 is 0 Å². The molecule has 0 aliphatic carbocycles. The fourth-order valence-electron chi connectivity index (χ4n) is 3.35. The van der Waals surface area contributed by atoms with E-state index in [4.69, 9.17) is 9.26 Å². The van der Waals surface area contributed by atoms with Crippen LogP contribution < -0.4 is 4.74 Å². The first-order valence-electron chi connectivity index (χ1n) is 9.47. The lowest BCUT2D eigenvalue weighted by Crippen LogP contribution is -2.48. The Morgan fingerprint density at radius 2 is 1.87 bits per heavy atom. The van der Waals surface area contributed by atoms with Crippen LogP contribution in [0.5, 0.6) is 5.75 Å². The largest absolute Gasteiger partial charge is 0.496 e. The van der Waals surface area contributed by atoms with Gasteiger partial charge in [0, 0.05) is 13.1 Å². The summed E-state index contributed by atoms with van der Waals surface area (Å²) in [4.78, 5) is 20.3. The predicted octanol–water partition coefficient (Wildman–Crippen LogP) is 2.57. The molecule has 150 valence electrons. The van der Waals surface area contributed by atoms with Crippen molar-refractivity contribution in [2.24, 2.45) is 0 Å². The normalized spacial score (nSPS) is 13.8. The molecule has 1 amide bonds. The Labute approximate surface area is 171 Å². The minimum Gasteiger partial charge on any atom is -0.496 e. The maximum absolute atomic E-state index is 12.7. The summed E-state index contributed by atoms with van der Waals surface area (Å²) < 4.78 is 10.8. The number of carbonyl (C=O) groups excluding carboxylic acids is 1. The quantitative estimate of drug-likeness (QED) is 0.506. The summed E-state index contributed by atoms with van der Waals surface area (Å²) >= 11 is 0. The van der Waals surface area contributed by atoms with Crippen molar-refractivity contribution < 1.29 is 14.1 Å². The molecule has 1 fully saturated rings. The molecule has 0 atom stereocenters. The molecule has 1 aliphatic rings. The van der Waals surface area contributed by atoms with Crippen molar-refractivity contribution in [2.75, 3.05) is 20.2 Å². The van der Waals surface area contributed by atoms with E-state index in [1.165, 1.54) is 11.0 Å². The van der Waals surface area contributed by atoms with E-state index in [1.54, 1.807) is 12.0 Å². The third-order valence-electron chi connectivity index (χ3n) is 5.01. The number of para-hydroxylation sites is 2. The highest BCUT2D eigenvalue weighted by molar-refractivity contribution is 5.92. The van der Waals surface area contributed by atoms with Crippen molar-refractivity contribution in [2.45, 2.75) is 5.92 Å². The number of aromatic nitrogens is 5. The van der Waals surface area contributed by atoms with Crippen molar-refractivity contribution in [1.82, 2.24) is 30.0 Å². The molecule has 2 aromatic heterocycles. The average Bonchev–Trinajstić information content (AvgIpc) is 3.43. The number of methoxy groups -OCH3 is 1. The number of hydrogen-bond donors (Lipinski definition) is 0. The zero-order valence-electron chi connectivity index (χ0n) is 16.2. The third-order valence-corrected chi connectivity index (χ3v) is 5.01. The summed E-state index contributed by atoms with van der Waals surface area (Å²) in [7, 11) is 1.60.